The first kappa shape index (κ1) is 7.21. The van der Waals surface area contributed by atoms with Gasteiger partial charge in [0, 0.05) is 24.7 Å². The number of hydrogen-bond donors (Lipinski definition) is 0. The molecule has 2 rings (SSSR count). The zero-order valence-electron chi connectivity index (χ0n) is 5.92. The summed E-state index contributed by atoms with van der Waals surface area (Å²) in [6, 6.07) is 4.03. The van der Waals surface area contributed by atoms with E-state index in [1.165, 1.54) is 11.3 Å². The molecular weight excluding hydrogens is 251 g/mol. The number of pyridine rings is 1. The van der Waals surface area contributed by atoms with Crippen LogP contribution in [0.1, 0.15) is 11.3 Å². The molecule has 0 radical (unpaired) electrons. The van der Waals surface area contributed by atoms with Gasteiger partial charge in [0.1, 0.15) is 3.72 Å². The van der Waals surface area contributed by atoms with Crippen LogP contribution in [-0.2, 0) is 6.42 Å². The van der Waals surface area contributed by atoms with E-state index in [1.54, 1.807) is 0 Å². The topological polar surface area (TPSA) is 25.2 Å². The molecule has 0 bridgehead atoms. The summed E-state index contributed by atoms with van der Waals surface area (Å²) in [5.41, 5.74) is 2.39. The number of aliphatic imine (C=N–C) groups is 1. The maximum atomic E-state index is 4.33. The SMILES string of the molecule is IC1=NCCc2ncccc21. The van der Waals surface area contributed by atoms with Gasteiger partial charge in [0.05, 0.1) is 5.69 Å². The van der Waals surface area contributed by atoms with Crippen LogP contribution in [0.2, 0.25) is 0 Å². The minimum Gasteiger partial charge on any atom is -0.278 e. The number of fused-ring (bicyclic) bond motifs is 1. The summed E-state index contributed by atoms with van der Waals surface area (Å²) >= 11 is 2.26. The third-order valence-electron chi connectivity index (χ3n) is 1.71. The minimum atomic E-state index is 0.891. The molecule has 2 heterocycles. The normalized spacial score (nSPS) is 15.5. The fraction of sp³-hybridized carbons (Fsp3) is 0.250. The van der Waals surface area contributed by atoms with Gasteiger partial charge in [0.2, 0.25) is 0 Å². The average molecular weight is 258 g/mol. The van der Waals surface area contributed by atoms with Crippen molar-refractivity contribution in [1.82, 2.24) is 4.98 Å². The quantitative estimate of drug-likeness (QED) is 0.651. The molecule has 0 atom stereocenters. The molecule has 0 aliphatic carbocycles. The lowest BCUT2D eigenvalue weighted by Gasteiger charge is -2.10. The van der Waals surface area contributed by atoms with Gasteiger partial charge in [-0.3, -0.25) is 9.98 Å². The van der Waals surface area contributed by atoms with Crippen molar-refractivity contribution in [3.63, 3.8) is 0 Å². The van der Waals surface area contributed by atoms with Gasteiger partial charge in [0.25, 0.3) is 0 Å². The number of halogens is 1. The van der Waals surface area contributed by atoms with Crippen LogP contribution in [0.15, 0.2) is 23.3 Å². The molecular formula is C8H7IN2. The summed E-state index contributed by atoms with van der Waals surface area (Å²) in [7, 11) is 0. The van der Waals surface area contributed by atoms with Gasteiger partial charge in [-0.05, 0) is 34.7 Å². The molecule has 0 amide bonds. The first-order valence-corrected chi connectivity index (χ1v) is 4.60. The Labute approximate surface area is 78.9 Å². The van der Waals surface area contributed by atoms with Crippen LogP contribution in [0, 0.1) is 0 Å². The summed E-state index contributed by atoms with van der Waals surface area (Å²) in [4.78, 5) is 8.62. The monoisotopic (exact) mass is 258 g/mol. The third-order valence-corrected chi connectivity index (χ3v) is 2.63. The Morgan fingerprint density at radius 3 is 3.18 bits per heavy atom. The Bertz CT molecular complexity index is 307. The Morgan fingerprint density at radius 1 is 1.45 bits per heavy atom. The van der Waals surface area contributed by atoms with E-state index < -0.39 is 0 Å². The van der Waals surface area contributed by atoms with Crippen LogP contribution in [0.5, 0.6) is 0 Å². The van der Waals surface area contributed by atoms with Crippen molar-refractivity contribution in [1.29, 1.82) is 0 Å². The second-order valence-electron chi connectivity index (χ2n) is 2.42. The van der Waals surface area contributed by atoms with Crippen LogP contribution >= 0.6 is 22.6 Å². The van der Waals surface area contributed by atoms with Gasteiger partial charge in [-0.15, -0.1) is 0 Å². The van der Waals surface area contributed by atoms with Gasteiger partial charge >= 0.3 is 0 Å². The van der Waals surface area contributed by atoms with E-state index in [-0.39, 0.29) is 0 Å². The molecule has 2 nitrogen and oxygen atoms in total. The van der Waals surface area contributed by atoms with E-state index in [4.69, 9.17) is 0 Å². The minimum absolute atomic E-state index is 0.891. The Balaban J connectivity index is 2.56. The first-order chi connectivity index (χ1) is 5.38. The fourth-order valence-corrected chi connectivity index (χ4v) is 1.90. The fourth-order valence-electron chi connectivity index (χ4n) is 1.17. The summed E-state index contributed by atoms with van der Waals surface area (Å²) in [6.07, 6.45) is 2.83. The van der Waals surface area contributed by atoms with Gasteiger partial charge in [-0.25, -0.2) is 0 Å². The van der Waals surface area contributed by atoms with E-state index in [9.17, 15) is 0 Å². The number of nitrogens with zero attached hydrogens (tertiary/aromatic N) is 2. The van der Waals surface area contributed by atoms with E-state index in [0.717, 1.165) is 16.7 Å². The maximum Gasteiger partial charge on any atom is 0.104 e. The highest BCUT2D eigenvalue weighted by molar-refractivity contribution is 14.1. The van der Waals surface area contributed by atoms with Gasteiger partial charge in [-0.1, -0.05) is 0 Å². The lowest BCUT2D eigenvalue weighted by molar-refractivity contribution is 0.905. The Kier molecular flexibility index (Phi) is 1.89. The molecule has 0 fully saturated rings. The number of rotatable bonds is 0. The van der Waals surface area contributed by atoms with Crippen molar-refractivity contribution >= 4 is 26.3 Å². The molecule has 0 N–H and O–H groups in total. The molecule has 1 aromatic heterocycles. The van der Waals surface area contributed by atoms with Crippen molar-refractivity contribution in [2.24, 2.45) is 4.99 Å². The highest BCUT2D eigenvalue weighted by atomic mass is 127. The first-order valence-electron chi connectivity index (χ1n) is 3.52. The van der Waals surface area contributed by atoms with Crippen molar-refractivity contribution in [3.05, 3.63) is 29.6 Å². The summed E-state index contributed by atoms with van der Waals surface area (Å²) in [6.45, 7) is 0.891. The predicted molar refractivity (Wildman–Crippen MR) is 53.4 cm³/mol. The van der Waals surface area contributed by atoms with Crippen molar-refractivity contribution in [2.45, 2.75) is 6.42 Å². The molecule has 1 aromatic rings. The molecule has 0 unspecified atom stereocenters. The Hall–Kier alpha value is -0.450. The standard InChI is InChI=1S/C8H7IN2/c9-8-6-2-1-4-10-7(6)3-5-11-8/h1-2,4H,3,5H2. The van der Waals surface area contributed by atoms with Crippen LogP contribution in [0.4, 0.5) is 0 Å². The highest BCUT2D eigenvalue weighted by Crippen LogP contribution is 2.16. The van der Waals surface area contributed by atoms with Crippen LogP contribution in [0.25, 0.3) is 0 Å². The lowest BCUT2D eigenvalue weighted by atomic mass is 10.1. The lowest BCUT2D eigenvalue weighted by Crippen LogP contribution is -2.08. The van der Waals surface area contributed by atoms with Crippen molar-refractivity contribution < 1.29 is 0 Å². The molecule has 1 aliphatic rings. The molecule has 11 heavy (non-hydrogen) atoms. The van der Waals surface area contributed by atoms with Gasteiger partial charge in [-0.2, -0.15) is 0 Å². The predicted octanol–water partition coefficient (Wildman–Crippen LogP) is 1.82. The van der Waals surface area contributed by atoms with Crippen molar-refractivity contribution in [2.75, 3.05) is 6.54 Å². The second kappa shape index (κ2) is 2.89. The van der Waals surface area contributed by atoms with Crippen LogP contribution < -0.4 is 0 Å². The second-order valence-corrected chi connectivity index (χ2v) is 3.44. The molecule has 0 spiro atoms. The maximum absolute atomic E-state index is 4.33. The highest BCUT2D eigenvalue weighted by Gasteiger charge is 2.10. The molecule has 0 saturated carbocycles. The summed E-state index contributed by atoms with van der Waals surface area (Å²) in [5.74, 6) is 0. The molecule has 0 aromatic carbocycles. The molecule has 56 valence electrons. The van der Waals surface area contributed by atoms with E-state index >= 15 is 0 Å². The van der Waals surface area contributed by atoms with Gasteiger partial charge in [0.15, 0.2) is 0 Å². The molecule has 1 aliphatic heterocycles. The molecule has 0 saturated heterocycles. The average Bonchev–Trinajstić information content (AvgIpc) is 2.06. The molecule has 3 heteroatoms. The van der Waals surface area contributed by atoms with Crippen LogP contribution in [0.3, 0.4) is 0 Å². The van der Waals surface area contributed by atoms with E-state index in [0.29, 0.717) is 0 Å². The van der Waals surface area contributed by atoms with Crippen molar-refractivity contribution in [3.8, 4) is 0 Å². The van der Waals surface area contributed by atoms with Gasteiger partial charge < -0.3 is 0 Å². The number of hydrogen-bond acceptors (Lipinski definition) is 2. The zero-order valence-corrected chi connectivity index (χ0v) is 8.08. The number of aromatic nitrogens is 1. The summed E-state index contributed by atoms with van der Waals surface area (Å²) in [5, 5.41) is 0. The Morgan fingerprint density at radius 2 is 2.36 bits per heavy atom. The van der Waals surface area contributed by atoms with E-state index in [1.807, 2.05) is 12.3 Å². The van der Waals surface area contributed by atoms with E-state index in [2.05, 4.69) is 38.6 Å². The smallest absolute Gasteiger partial charge is 0.104 e. The largest absolute Gasteiger partial charge is 0.278 e. The summed E-state index contributed by atoms with van der Waals surface area (Å²) < 4.78 is 1.09. The third kappa shape index (κ3) is 1.29. The zero-order chi connectivity index (χ0) is 7.68. The van der Waals surface area contributed by atoms with Crippen LogP contribution in [-0.4, -0.2) is 15.2 Å².